The summed E-state index contributed by atoms with van der Waals surface area (Å²) < 4.78 is 55.5. The van der Waals surface area contributed by atoms with Gasteiger partial charge < -0.3 is 10.1 Å². The minimum absolute atomic E-state index is 0. The zero-order chi connectivity index (χ0) is 15.2. The van der Waals surface area contributed by atoms with Gasteiger partial charge in [0.25, 0.3) is 0 Å². The molecule has 0 bridgehead atoms. The lowest BCUT2D eigenvalue weighted by molar-refractivity contribution is -0.0498. The summed E-state index contributed by atoms with van der Waals surface area (Å²) in [5.41, 5.74) is 0. The van der Waals surface area contributed by atoms with Crippen LogP contribution >= 0.6 is 24.0 Å². The lowest BCUT2D eigenvalue weighted by Gasteiger charge is -2.11. The van der Waals surface area contributed by atoms with E-state index in [0.717, 1.165) is 25.2 Å². The molecule has 22 heavy (non-hydrogen) atoms. The summed E-state index contributed by atoms with van der Waals surface area (Å²) in [6.45, 7) is -1.40. The number of hydrogen-bond acceptors (Lipinski definition) is 4. The van der Waals surface area contributed by atoms with Crippen molar-refractivity contribution >= 4 is 34.0 Å². The molecule has 1 aliphatic heterocycles. The maximum atomic E-state index is 12.2. The van der Waals surface area contributed by atoms with E-state index in [0.29, 0.717) is 11.8 Å². The number of hydrogen-bond donors (Lipinski definition) is 2. The van der Waals surface area contributed by atoms with E-state index in [1.54, 1.807) is 0 Å². The average molecular weight is 375 g/mol. The van der Waals surface area contributed by atoms with Gasteiger partial charge in [-0.05, 0) is 43.1 Å². The Morgan fingerprint density at radius 1 is 1.32 bits per heavy atom. The van der Waals surface area contributed by atoms with Crippen LogP contribution in [-0.4, -0.2) is 34.2 Å². The summed E-state index contributed by atoms with van der Waals surface area (Å²) in [6, 6.07) is 3.37. The van der Waals surface area contributed by atoms with Crippen molar-refractivity contribution < 1.29 is 21.9 Å². The van der Waals surface area contributed by atoms with Crippen molar-refractivity contribution in [1.29, 1.82) is 0 Å². The first-order chi connectivity index (χ1) is 9.88. The standard InChI is InChI=1S/C12H13ClF2N2O3S.ClH/c13-9-3-6(1-2-10(9)20-12(14)15)21(18,19)17-11-7-4-16-5-8(7)11;/h1-3,7-8,11-12,16-17H,4-5H2;1H. The normalized spacial score (nSPS) is 26.5. The summed E-state index contributed by atoms with van der Waals surface area (Å²) in [6.07, 6.45) is 0. The lowest BCUT2D eigenvalue weighted by atomic mass is 10.3. The molecule has 2 atom stereocenters. The van der Waals surface area contributed by atoms with E-state index < -0.39 is 16.6 Å². The molecule has 0 spiro atoms. The van der Waals surface area contributed by atoms with Crippen molar-refractivity contribution in [1.82, 2.24) is 10.0 Å². The number of nitrogens with one attached hydrogen (secondary N) is 2. The molecule has 2 aliphatic rings. The Labute approximate surface area is 137 Å². The first-order valence-corrected chi connectivity index (χ1v) is 8.22. The van der Waals surface area contributed by atoms with Gasteiger partial charge in [0.05, 0.1) is 9.92 Å². The van der Waals surface area contributed by atoms with Crippen LogP contribution in [0.25, 0.3) is 0 Å². The number of sulfonamides is 1. The highest BCUT2D eigenvalue weighted by molar-refractivity contribution is 7.89. The number of piperidine rings is 1. The third-order valence-corrected chi connectivity index (χ3v) is 5.56. The second kappa shape index (κ2) is 6.45. The Balaban J connectivity index is 0.00000176. The van der Waals surface area contributed by atoms with Crippen molar-refractivity contribution in [3.8, 4) is 5.75 Å². The van der Waals surface area contributed by atoms with Crippen molar-refractivity contribution in [3.05, 3.63) is 23.2 Å². The summed E-state index contributed by atoms with van der Waals surface area (Å²) in [5.74, 6) is 0.409. The minimum atomic E-state index is -3.71. The molecule has 0 amide bonds. The molecule has 124 valence electrons. The van der Waals surface area contributed by atoms with Crippen molar-refractivity contribution in [2.75, 3.05) is 13.1 Å². The second-order valence-electron chi connectivity index (χ2n) is 5.10. The second-order valence-corrected chi connectivity index (χ2v) is 7.22. The van der Waals surface area contributed by atoms with E-state index in [9.17, 15) is 17.2 Å². The smallest absolute Gasteiger partial charge is 0.387 e. The van der Waals surface area contributed by atoms with E-state index in [-0.39, 0.29) is 34.1 Å². The maximum Gasteiger partial charge on any atom is 0.387 e. The highest BCUT2D eigenvalue weighted by Gasteiger charge is 2.54. The molecular weight excluding hydrogens is 361 g/mol. The zero-order valence-electron chi connectivity index (χ0n) is 11.1. The summed E-state index contributed by atoms with van der Waals surface area (Å²) in [7, 11) is -3.71. The van der Waals surface area contributed by atoms with Gasteiger partial charge in [-0.15, -0.1) is 12.4 Å². The number of fused-ring (bicyclic) bond motifs is 1. The van der Waals surface area contributed by atoms with Gasteiger partial charge in [0.2, 0.25) is 10.0 Å². The van der Waals surface area contributed by atoms with Crippen LogP contribution in [0.2, 0.25) is 5.02 Å². The van der Waals surface area contributed by atoms with E-state index in [1.807, 2.05) is 0 Å². The van der Waals surface area contributed by atoms with E-state index in [1.165, 1.54) is 6.07 Å². The molecule has 10 heteroatoms. The number of ether oxygens (including phenoxy) is 1. The molecule has 1 saturated heterocycles. The van der Waals surface area contributed by atoms with Crippen molar-refractivity contribution in [2.24, 2.45) is 11.8 Å². The van der Waals surface area contributed by atoms with Gasteiger partial charge in [0.1, 0.15) is 5.75 Å². The van der Waals surface area contributed by atoms with Crippen molar-refractivity contribution in [2.45, 2.75) is 17.5 Å². The van der Waals surface area contributed by atoms with Gasteiger partial charge in [-0.3, -0.25) is 0 Å². The molecular formula is C12H14Cl2F2N2O3S. The van der Waals surface area contributed by atoms with Gasteiger partial charge in [-0.2, -0.15) is 8.78 Å². The molecule has 1 aliphatic carbocycles. The Bertz CT molecular complexity index is 650. The predicted octanol–water partition coefficient (Wildman–Crippen LogP) is 1.86. The van der Waals surface area contributed by atoms with Gasteiger partial charge in [-0.1, -0.05) is 11.6 Å². The fourth-order valence-electron chi connectivity index (χ4n) is 2.68. The molecule has 2 N–H and O–H groups in total. The summed E-state index contributed by atoms with van der Waals surface area (Å²) >= 11 is 5.77. The molecule has 1 heterocycles. The summed E-state index contributed by atoms with van der Waals surface area (Å²) in [5, 5.41) is 3.00. The molecule has 3 rings (SSSR count). The predicted molar refractivity (Wildman–Crippen MR) is 79.3 cm³/mol. The Hall–Kier alpha value is -0.670. The fraction of sp³-hybridized carbons (Fsp3) is 0.500. The zero-order valence-corrected chi connectivity index (χ0v) is 13.5. The van der Waals surface area contributed by atoms with Crippen LogP contribution in [-0.2, 0) is 10.0 Å². The first kappa shape index (κ1) is 17.7. The molecule has 1 aromatic carbocycles. The number of rotatable bonds is 5. The van der Waals surface area contributed by atoms with Crippen LogP contribution in [0, 0.1) is 11.8 Å². The average Bonchev–Trinajstić information content (AvgIpc) is 2.85. The van der Waals surface area contributed by atoms with Crippen molar-refractivity contribution in [3.63, 3.8) is 0 Å². The van der Waals surface area contributed by atoms with E-state index >= 15 is 0 Å². The largest absolute Gasteiger partial charge is 0.433 e. The quantitative estimate of drug-likeness (QED) is 0.825. The third-order valence-electron chi connectivity index (χ3n) is 3.81. The molecule has 1 saturated carbocycles. The SMILES string of the molecule is Cl.O=S(=O)(NC1C2CNCC21)c1ccc(OC(F)F)c(Cl)c1. The molecule has 5 nitrogen and oxygen atoms in total. The Morgan fingerprint density at radius 3 is 2.50 bits per heavy atom. The van der Waals surface area contributed by atoms with E-state index in [2.05, 4.69) is 14.8 Å². The number of alkyl halides is 2. The van der Waals surface area contributed by atoms with Gasteiger partial charge >= 0.3 is 6.61 Å². The molecule has 2 unspecified atom stereocenters. The van der Waals surface area contributed by atoms with Crippen LogP contribution in [0.3, 0.4) is 0 Å². The van der Waals surface area contributed by atoms with Crippen LogP contribution < -0.4 is 14.8 Å². The third kappa shape index (κ3) is 3.46. The van der Waals surface area contributed by atoms with Crippen LogP contribution in [0.4, 0.5) is 8.78 Å². The highest BCUT2D eigenvalue weighted by Crippen LogP contribution is 2.42. The minimum Gasteiger partial charge on any atom is -0.433 e. The topological polar surface area (TPSA) is 67.4 Å². The monoisotopic (exact) mass is 374 g/mol. The molecule has 1 aromatic rings. The fourth-order valence-corrected chi connectivity index (χ4v) is 4.33. The number of halogens is 4. The first-order valence-electron chi connectivity index (χ1n) is 6.36. The van der Waals surface area contributed by atoms with E-state index in [4.69, 9.17) is 11.6 Å². The molecule has 0 radical (unpaired) electrons. The van der Waals surface area contributed by atoms with Crippen LogP contribution in [0.1, 0.15) is 0 Å². The Kier molecular flexibility index (Phi) is 5.18. The Morgan fingerprint density at radius 2 is 1.95 bits per heavy atom. The van der Waals surface area contributed by atoms with Crippen LogP contribution in [0.5, 0.6) is 5.75 Å². The molecule has 0 aromatic heterocycles. The summed E-state index contributed by atoms with van der Waals surface area (Å²) in [4.78, 5) is -0.0629. The molecule has 2 fully saturated rings. The van der Waals surface area contributed by atoms with Gasteiger partial charge in [0.15, 0.2) is 0 Å². The number of benzene rings is 1. The maximum absolute atomic E-state index is 12.2. The highest BCUT2D eigenvalue weighted by atomic mass is 35.5. The van der Waals surface area contributed by atoms with Crippen LogP contribution in [0.15, 0.2) is 23.1 Å². The lowest BCUT2D eigenvalue weighted by Crippen LogP contribution is -2.32. The van der Waals surface area contributed by atoms with Gasteiger partial charge in [-0.25, -0.2) is 13.1 Å². The van der Waals surface area contributed by atoms with Gasteiger partial charge in [0, 0.05) is 6.04 Å².